The van der Waals surface area contributed by atoms with Crippen molar-refractivity contribution in [2.45, 2.75) is 25.7 Å². The van der Waals surface area contributed by atoms with Crippen LogP contribution in [0.25, 0.3) is 0 Å². The van der Waals surface area contributed by atoms with Gasteiger partial charge in [0.2, 0.25) is 0 Å². The fourth-order valence-corrected chi connectivity index (χ4v) is 2.57. The van der Waals surface area contributed by atoms with E-state index in [9.17, 15) is 5.11 Å². The van der Waals surface area contributed by atoms with Crippen LogP contribution >= 0.6 is 0 Å². The number of ether oxygens (including phenoxy) is 1. The molecule has 2 atom stereocenters. The Morgan fingerprint density at radius 2 is 1.35 bits per heavy atom. The molecule has 0 spiro atoms. The average molecular weight is 313 g/mol. The van der Waals surface area contributed by atoms with Crippen molar-refractivity contribution < 1.29 is 9.84 Å². The largest absolute Gasteiger partial charge is 0.508 e. The molecule has 0 aliphatic carbocycles. The van der Waals surface area contributed by atoms with Gasteiger partial charge in [0.15, 0.2) is 0 Å². The molecule has 1 N–H and O–H groups in total. The molecule has 0 radical (unpaired) electrons. The Bertz CT molecular complexity index is 590. The van der Waals surface area contributed by atoms with Gasteiger partial charge in [-0.25, -0.2) is 0 Å². The molecule has 0 fully saturated rings. The van der Waals surface area contributed by atoms with Crippen LogP contribution in [-0.4, -0.2) is 37.3 Å². The van der Waals surface area contributed by atoms with Crippen LogP contribution in [0.4, 0.5) is 0 Å². The Balaban J connectivity index is 1.99. The van der Waals surface area contributed by atoms with Crippen molar-refractivity contribution in [2.24, 2.45) is 0 Å². The van der Waals surface area contributed by atoms with Crippen LogP contribution in [0.5, 0.6) is 11.5 Å². The van der Waals surface area contributed by atoms with E-state index in [2.05, 4.69) is 30.9 Å². The van der Waals surface area contributed by atoms with Crippen molar-refractivity contribution in [1.29, 1.82) is 0 Å². The van der Waals surface area contributed by atoms with E-state index in [-0.39, 0.29) is 0 Å². The van der Waals surface area contributed by atoms with Crippen molar-refractivity contribution in [3.05, 3.63) is 59.7 Å². The van der Waals surface area contributed by atoms with Crippen LogP contribution in [0, 0.1) is 0 Å². The molecule has 0 bridgehead atoms. The quantitative estimate of drug-likeness (QED) is 0.830. The fraction of sp³-hybridized carbons (Fsp3) is 0.400. The average Bonchev–Trinajstić information content (AvgIpc) is 2.54. The van der Waals surface area contributed by atoms with Gasteiger partial charge >= 0.3 is 0 Å². The number of phenolic OH excluding ortho intramolecular Hbond substituents is 1. The van der Waals surface area contributed by atoms with Crippen LogP contribution in [0.3, 0.4) is 0 Å². The molecular weight excluding hydrogens is 286 g/mol. The summed E-state index contributed by atoms with van der Waals surface area (Å²) in [5, 5.41) is 9.41. The molecular formula is C20H27NO2. The Morgan fingerprint density at radius 1 is 0.870 bits per heavy atom. The number of hydrogen-bond donors (Lipinski definition) is 1. The van der Waals surface area contributed by atoms with Gasteiger partial charge in [-0.3, -0.25) is 0 Å². The zero-order valence-electron chi connectivity index (χ0n) is 14.5. The lowest BCUT2D eigenvalue weighted by molar-refractivity contribution is 0.261. The maximum atomic E-state index is 9.41. The molecule has 0 heterocycles. The molecule has 3 nitrogen and oxygen atoms in total. The highest BCUT2D eigenvalue weighted by atomic mass is 16.5. The third-order valence-corrected chi connectivity index (χ3v) is 4.38. The second-order valence-electron chi connectivity index (χ2n) is 6.39. The zero-order valence-corrected chi connectivity index (χ0v) is 14.5. The van der Waals surface area contributed by atoms with Crippen molar-refractivity contribution in [1.82, 2.24) is 4.90 Å². The van der Waals surface area contributed by atoms with Gasteiger partial charge in [-0.2, -0.15) is 0 Å². The van der Waals surface area contributed by atoms with Gasteiger partial charge in [0.25, 0.3) is 0 Å². The van der Waals surface area contributed by atoms with Crippen molar-refractivity contribution in [3.63, 3.8) is 0 Å². The standard InChI is InChI=1S/C20H27NO2/c1-15(17-5-9-19(22)10-6-17)16(2)18-7-11-20(12-8-18)23-14-13-21(3)4/h5-12,15-16,22H,13-14H2,1-4H3. The van der Waals surface area contributed by atoms with E-state index in [1.165, 1.54) is 11.1 Å². The van der Waals surface area contributed by atoms with E-state index < -0.39 is 0 Å². The topological polar surface area (TPSA) is 32.7 Å². The Hall–Kier alpha value is -2.00. The highest BCUT2D eigenvalue weighted by Gasteiger charge is 2.16. The number of nitrogens with zero attached hydrogens (tertiary/aromatic N) is 1. The van der Waals surface area contributed by atoms with Crippen molar-refractivity contribution in [2.75, 3.05) is 27.2 Å². The van der Waals surface area contributed by atoms with E-state index in [0.29, 0.717) is 24.2 Å². The molecule has 2 rings (SSSR count). The lowest BCUT2D eigenvalue weighted by Crippen LogP contribution is -2.19. The van der Waals surface area contributed by atoms with E-state index in [4.69, 9.17) is 4.74 Å². The highest BCUT2D eigenvalue weighted by molar-refractivity contribution is 5.34. The number of aromatic hydroxyl groups is 1. The Labute approximate surface area is 139 Å². The minimum absolute atomic E-state index is 0.313. The first-order valence-corrected chi connectivity index (χ1v) is 8.14. The van der Waals surface area contributed by atoms with Crippen molar-refractivity contribution in [3.8, 4) is 11.5 Å². The van der Waals surface area contributed by atoms with Crippen LogP contribution in [0.15, 0.2) is 48.5 Å². The summed E-state index contributed by atoms with van der Waals surface area (Å²) in [6.45, 7) is 6.07. The first kappa shape index (κ1) is 17.4. The second-order valence-corrected chi connectivity index (χ2v) is 6.39. The number of rotatable bonds is 7. The van der Waals surface area contributed by atoms with Crippen LogP contribution < -0.4 is 4.74 Å². The number of hydrogen-bond acceptors (Lipinski definition) is 3. The summed E-state index contributed by atoms with van der Waals surface area (Å²) in [5.41, 5.74) is 2.53. The lowest BCUT2D eigenvalue weighted by atomic mass is 9.84. The van der Waals surface area contributed by atoms with Gasteiger partial charge in [0.05, 0.1) is 0 Å². The molecule has 3 heteroatoms. The molecule has 0 saturated heterocycles. The van der Waals surface area contributed by atoms with Gasteiger partial charge in [-0.15, -0.1) is 0 Å². The number of benzene rings is 2. The second kappa shape index (κ2) is 8.02. The van der Waals surface area contributed by atoms with Gasteiger partial charge < -0.3 is 14.7 Å². The van der Waals surface area contributed by atoms with Crippen LogP contribution in [0.1, 0.15) is 36.8 Å². The summed E-state index contributed by atoms with van der Waals surface area (Å²) in [5.74, 6) is 2.01. The summed E-state index contributed by atoms with van der Waals surface area (Å²) in [6.07, 6.45) is 0. The van der Waals surface area contributed by atoms with E-state index in [1.54, 1.807) is 12.1 Å². The van der Waals surface area contributed by atoms with Crippen molar-refractivity contribution >= 4 is 0 Å². The van der Waals surface area contributed by atoms with Gasteiger partial charge in [0, 0.05) is 6.54 Å². The van der Waals surface area contributed by atoms with Gasteiger partial charge in [-0.05, 0) is 61.3 Å². The lowest BCUT2D eigenvalue weighted by Gasteiger charge is -2.21. The van der Waals surface area contributed by atoms with Gasteiger partial charge in [0.1, 0.15) is 18.1 Å². The summed E-state index contributed by atoms with van der Waals surface area (Å²) >= 11 is 0. The van der Waals surface area contributed by atoms with Gasteiger partial charge in [-0.1, -0.05) is 38.1 Å². The van der Waals surface area contributed by atoms with Crippen LogP contribution in [-0.2, 0) is 0 Å². The Kier molecular flexibility index (Phi) is 6.05. The molecule has 2 unspecified atom stereocenters. The smallest absolute Gasteiger partial charge is 0.119 e. The normalized spacial score (nSPS) is 13.8. The fourth-order valence-electron chi connectivity index (χ4n) is 2.57. The summed E-state index contributed by atoms with van der Waals surface area (Å²) in [7, 11) is 4.08. The molecule has 124 valence electrons. The minimum Gasteiger partial charge on any atom is -0.508 e. The molecule has 0 aliphatic rings. The molecule has 23 heavy (non-hydrogen) atoms. The maximum absolute atomic E-state index is 9.41. The van der Waals surface area contributed by atoms with E-state index >= 15 is 0 Å². The monoisotopic (exact) mass is 313 g/mol. The molecule has 0 saturated carbocycles. The predicted molar refractivity (Wildman–Crippen MR) is 95.4 cm³/mol. The number of likely N-dealkylation sites (N-methyl/N-ethyl adjacent to an activating group) is 1. The zero-order chi connectivity index (χ0) is 16.8. The molecule has 0 aromatic heterocycles. The minimum atomic E-state index is 0.313. The molecule has 2 aromatic rings. The molecule has 2 aromatic carbocycles. The third-order valence-electron chi connectivity index (χ3n) is 4.38. The SMILES string of the molecule is CC(c1ccc(O)cc1)C(C)c1ccc(OCCN(C)C)cc1. The first-order chi connectivity index (χ1) is 11.0. The van der Waals surface area contributed by atoms with Crippen LogP contribution in [0.2, 0.25) is 0 Å². The molecule has 0 aliphatic heterocycles. The predicted octanol–water partition coefficient (Wildman–Crippen LogP) is 4.24. The summed E-state index contributed by atoms with van der Waals surface area (Å²) < 4.78 is 5.74. The highest BCUT2D eigenvalue weighted by Crippen LogP contribution is 2.33. The Morgan fingerprint density at radius 3 is 1.83 bits per heavy atom. The molecule has 0 amide bonds. The number of phenols is 1. The third kappa shape index (κ3) is 5.00. The van der Waals surface area contributed by atoms with E-state index in [0.717, 1.165) is 12.3 Å². The first-order valence-electron chi connectivity index (χ1n) is 8.14. The maximum Gasteiger partial charge on any atom is 0.119 e. The van der Waals surface area contributed by atoms with E-state index in [1.807, 2.05) is 38.4 Å². The summed E-state index contributed by atoms with van der Waals surface area (Å²) in [6, 6.07) is 15.9. The summed E-state index contributed by atoms with van der Waals surface area (Å²) in [4.78, 5) is 2.11.